The molecule has 0 aliphatic rings. The van der Waals surface area contributed by atoms with Crippen molar-refractivity contribution in [2.75, 3.05) is 5.33 Å². The van der Waals surface area contributed by atoms with Gasteiger partial charge in [-0.15, -0.1) is 0 Å². The molecular weight excluding hydrogens is 306 g/mol. The number of unbranched alkanes of at least 4 members (excludes halogenated alkanes) is 2. The maximum absolute atomic E-state index is 12.0. The Balaban J connectivity index is 2.51. The van der Waals surface area contributed by atoms with Crippen molar-refractivity contribution in [2.24, 2.45) is 0 Å². The molecule has 0 saturated carbocycles. The summed E-state index contributed by atoms with van der Waals surface area (Å²) in [6.45, 7) is -2.87. The van der Waals surface area contributed by atoms with Crippen LogP contribution in [-0.2, 0) is 0 Å². The fourth-order valence-corrected chi connectivity index (χ4v) is 1.94. The molecule has 1 rings (SSSR count). The Kier molecular flexibility index (Phi) is 6.86. The van der Waals surface area contributed by atoms with Crippen molar-refractivity contribution in [3.8, 4) is 5.75 Å². The molecule has 0 aliphatic heterocycles. The van der Waals surface area contributed by atoms with Gasteiger partial charge in [-0.05, 0) is 25.0 Å². The van der Waals surface area contributed by atoms with Crippen LogP contribution in [0.15, 0.2) is 24.3 Å². The molecule has 5 heteroatoms. The van der Waals surface area contributed by atoms with Crippen LogP contribution in [0.3, 0.4) is 0 Å². The van der Waals surface area contributed by atoms with Crippen LogP contribution in [0.25, 0.3) is 0 Å². The number of ether oxygens (including phenoxy) is 1. The highest BCUT2D eigenvalue weighted by Gasteiger charge is 2.09. The summed E-state index contributed by atoms with van der Waals surface area (Å²) in [5, 5.41) is 0.929. The van der Waals surface area contributed by atoms with Crippen LogP contribution in [0.1, 0.15) is 36.0 Å². The summed E-state index contributed by atoms with van der Waals surface area (Å²) in [7, 11) is 0. The van der Waals surface area contributed by atoms with Gasteiger partial charge in [0.2, 0.25) is 0 Å². The molecule has 0 heterocycles. The van der Waals surface area contributed by atoms with E-state index in [1.54, 1.807) is 12.1 Å². The van der Waals surface area contributed by atoms with E-state index in [2.05, 4.69) is 20.7 Å². The lowest BCUT2D eigenvalue weighted by atomic mass is 10.0. The van der Waals surface area contributed by atoms with Gasteiger partial charge >= 0.3 is 6.61 Å². The second-order valence-corrected chi connectivity index (χ2v) is 4.62. The van der Waals surface area contributed by atoms with Gasteiger partial charge in [0.05, 0.1) is 0 Å². The number of Topliss-reactive ketones (excluding diaryl/α,β-unsaturated/α-hetero) is 1. The Bertz CT molecular complexity index is 383. The lowest BCUT2D eigenvalue weighted by molar-refractivity contribution is -0.0498. The monoisotopic (exact) mass is 320 g/mol. The highest BCUT2D eigenvalue weighted by Crippen LogP contribution is 2.18. The van der Waals surface area contributed by atoms with Crippen molar-refractivity contribution in [1.29, 1.82) is 0 Å². The molecule has 0 saturated heterocycles. The predicted octanol–water partition coefficient (Wildman–Crippen LogP) is 4.43. The van der Waals surface area contributed by atoms with Gasteiger partial charge in [0.15, 0.2) is 5.78 Å². The SMILES string of the molecule is O=C(CCCCCBr)c1cccc(OC(F)F)c1. The summed E-state index contributed by atoms with van der Waals surface area (Å²) in [5.74, 6) is -0.0133. The molecule has 0 bridgehead atoms. The Labute approximate surface area is 113 Å². The van der Waals surface area contributed by atoms with Crippen LogP contribution in [-0.4, -0.2) is 17.7 Å². The second-order valence-electron chi connectivity index (χ2n) is 3.83. The molecule has 0 atom stereocenters. The summed E-state index contributed by atoms with van der Waals surface area (Å²) >= 11 is 3.32. The summed E-state index contributed by atoms with van der Waals surface area (Å²) in [6, 6.07) is 5.93. The molecule has 2 nitrogen and oxygen atoms in total. The van der Waals surface area contributed by atoms with Crippen LogP contribution < -0.4 is 4.74 Å². The Hall–Kier alpha value is -0.970. The van der Waals surface area contributed by atoms with E-state index >= 15 is 0 Å². The standard InChI is InChI=1S/C13H15BrF2O2/c14-8-3-1-2-7-12(17)10-5-4-6-11(9-10)18-13(15)16/h4-6,9,13H,1-3,7-8H2. The van der Waals surface area contributed by atoms with Crippen molar-refractivity contribution in [2.45, 2.75) is 32.3 Å². The van der Waals surface area contributed by atoms with Crippen LogP contribution in [0, 0.1) is 0 Å². The van der Waals surface area contributed by atoms with Gasteiger partial charge in [-0.2, -0.15) is 8.78 Å². The number of halogens is 3. The number of ketones is 1. The van der Waals surface area contributed by atoms with Gasteiger partial charge in [0, 0.05) is 17.3 Å². The van der Waals surface area contributed by atoms with E-state index in [0.717, 1.165) is 24.6 Å². The molecule has 0 aliphatic carbocycles. The number of carbonyl (C=O) groups is 1. The number of hydrogen-bond donors (Lipinski definition) is 0. The highest BCUT2D eigenvalue weighted by molar-refractivity contribution is 9.09. The maximum atomic E-state index is 12.0. The van der Waals surface area contributed by atoms with E-state index in [-0.39, 0.29) is 11.5 Å². The van der Waals surface area contributed by atoms with Crippen LogP contribution in [0.2, 0.25) is 0 Å². The third-order valence-electron chi connectivity index (χ3n) is 2.42. The Morgan fingerprint density at radius 1 is 1.28 bits per heavy atom. The zero-order chi connectivity index (χ0) is 13.4. The fraction of sp³-hybridized carbons (Fsp3) is 0.462. The minimum atomic E-state index is -2.87. The molecule has 0 fully saturated rings. The minimum Gasteiger partial charge on any atom is -0.435 e. The first-order valence-corrected chi connectivity index (χ1v) is 6.89. The van der Waals surface area contributed by atoms with Gasteiger partial charge in [0.1, 0.15) is 5.75 Å². The second kappa shape index (κ2) is 8.19. The molecule has 18 heavy (non-hydrogen) atoms. The first-order valence-electron chi connectivity index (χ1n) is 5.77. The van der Waals surface area contributed by atoms with Crippen molar-refractivity contribution in [1.82, 2.24) is 0 Å². The highest BCUT2D eigenvalue weighted by atomic mass is 79.9. The van der Waals surface area contributed by atoms with Crippen molar-refractivity contribution in [3.05, 3.63) is 29.8 Å². The van der Waals surface area contributed by atoms with Crippen molar-refractivity contribution < 1.29 is 18.3 Å². The minimum absolute atomic E-state index is 0.0244. The largest absolute Gasteiger partial charge is 0.435 e. The molecule has 0 amide bonds. The first-order chi connectivity index (χ1) is 8.63. The molecule has 0 spiro atoms. The van der Waals surface area contributed by atoms with E-state index < -0.39 is 6.61 Å². The van der Waals surface area contributed by atoms with Crippen molar-refractivity contribution >= 4 is 21.7 Å². The lowest BCUT2D eigenvalue weighted by Crippen LogP contribution is -2.04. The van der Waals surface area contributed by atoms with Gasteiger partial charge < -0.3 is 4.74 Å². The molecule has 100 valence electrons. The van der Waals surface area contributed by atoms with E-state index in [4.69, 9.17) is 0 Å². The third-order valence-corrected chi connectivity index (χ3v) is 2.98. The number of carbonyl (C=O) groups excluding carboxylic acids is 1. The predicted molar refractivity (Wildman–Crippen MR) is 69.7 cm³/mol. The zero-order valence-electron chi connectivity index (χ0n) is 9.87. The van der Waals surface area contributed by atoms with Gasteiger partial charge in [-0.3, -0.25) is 4.79 Å². The first kappa shape index (κ1) is 15.1. The fourth-order valence-electron chi connectivity index (χ4n) is 1.55. The smallest absolute Gasteiger partial charge is 0.387 e. The third kappa shape index (κ3) is 5.58. The normalized spacial score (nSPS) is 10.7. The Morgan fingerprint density at radius 2 is 2.06 bits per heavy atom. The van der Waals surface area contributed by atoms with E-state index in [1.807, 2.05) is 0 Å². The van der Waals surface area contributed by atoms with Crippen LogP contribution in [0.5, 0.6) is 5.75 Å². The van der Waals surface area contributed by atoms with E-state index in [9.17, 15) is 13.6 Å². The van der Waals surface area contributed by atoms with E-state index in [0.29, 0.717) is 12.0 Å². The number of hydrogen-bond acceptors (Lipinski definition) is 2. The molecule has 0 N–H and O–H groups in total. The molecule has 0 unspecified atom stereocenters. The summed E-state index contributed by atoms with van der Waals surface area (Å²) in [5.41, 5.74) is 0.423. The van der Waals surface area contributed by atoms with Crippen molar-refractivity contribution in [3.63, 3.8) is 0 Å². The summed E-state index contributed by atoms with van der Waals surface area (Å²) in [4.78, 5) is 11.8. The van der Waals surface area contributed by atoms with E-state index in [1.165, 1.54) is 12.1 Å². The molecule has 1 aromatic rings. The number of alkyl halides is 3. The molecule has 1 aromatic carbocycles. The number of rotatable bonds is 8. The Morgan fingerprint density at radius 3 is 2.72 bits per heavy atom. The number of benzene rings is 1. The van der Waals surface area contributed by atoms with Crippen LogP contribution >= 0.6 is 15.9 Å². The quantitative estimate of drug-likeness (QED) is 0.402. The van der Waals surface area contributed by atoms with Crippen LogP contribution in [0.4, 0.5) is 8.78 Å². The maximum Gasteiger partial charge on any atom is 0.387 e. The zero-order valence-corrected chi connectivity index (χ0v) is 11.5. The average Bonchev–Trinajstić information content (AvgIpc) is 2.34. The summed E-state index contributed by atoms with van der Waals surface area (Å²) in [6.07, 6.45) is 3.25. The molecule has 0 radical (unpaired) electrons. The molecule has 0 aromatic heterocycles. The lowest BCUT2D eigenvalue weighted by Gasteiger charge is -2.06. The summed E-state index contributed by atoms with van der Waals surface area (Å²) < 4.78 is 28.3. The molecular formula is C13H15BrF2O2. The van der Waals surface area contributed by atoms with Gasteiger partial charge in [-0.25, -0.2) is 0 Å². The average molecular weight is 321 g/mol. The van der Waals surface area contributed by atoms with Gasteiger partial charge in [0.25, 0.3) is 0 Å². The topological polar surface area (TPSA) is 26.3 Å². The van der Waals surface area contributed by atoms with Gasteiger partial charge in [-0.1, -0.05) is 34.5 Å².